The Bertz CT molecular complexity index is 1270. The highest BCUT2D eigenvalue weighted by molar-refractivity contribution is 5.71. The van der Waals surface area contributed by atoms with Crippen LogP contribution >= 0.6 is 0 Å². The van der Waals surface area contributed by atoms with Crippen LogP contribution in [0.25, 0.3) is 0 Å². The molecule has 0 unspecified atom stereocenters. The highest BCUT2D eigenvalue weighted by atomic mass is 16.6. The van der Waals surface area contributed by atoms with Gasteiger partial charge in [-0.1, -0.05) is 202 Å². The molecule has 0 bridgehead atoms. The number of ether oxygens (including phenoxy) is 3. The van der Waals surface area contributed by atoms with Gasteiger partial charge in [-0.3, -0.25) is 14.4 Å². The molecule has 0 rings (SSSR count). The van der Waals surface area contributed by atoms with Crippen LogP contribution in [0.1, 0.15) is 252 Å². The Labute approximate surface area is 401 Å². The lowest BCUT2D eigenvalue weighted by Crippen LogP contribution is -2.30. The Hall–Kier alpha value is -3.41. The van der Waals surface area contributed by atoms with Gasteiger partial charge in [0.15, 0.2) is 6.10 Å². The van der Waals surface area contributed by atoms with Crippen molar-refractivity contribution in [2.75, 3.05) is 13.2 Å². The van der Waals surface area contributed by atoms with Gasteiger partial charge in [0.25, 0.3) is 0 Å². The average molecular weight is 905 g/mol. The second kappa shape index (κ2) is 53.2. The summed E-state index contributed by atoms with van der Waals surface area (Å²) in [5, 5.41) is 0. The predicted molar refractivity (Wildman–Crippen MR) is 279 cm³/mol. The smallest absolute Gasteiger partial charge is 0.306 e. The first kappa shape index (κ1) is 61.6. The van der Waals surface area contributed by atoms with Crippen molar-refractivity contribution in [3.05, 3.63) is 85.1 Å². The number of carbonyl (C=O) groups is 3. The van der Waals surface area contributed by atoms with Gasteiger partial charge < -0.3 is 14.2 Å². The molecule has 0 aromatic rings. The van der Waals surface area contributed by atoms with Gasteiger partial charge in [-0.25, -0.2) is 0 Å². The SMILES string of the molecule is CC/C=C\C/C=C\C/C=C\C/C=C\C/C=C\CCCCCC(=O)O[C@@H](COC(=O)CCCCCCC/C=C\CCCCCC)COC(=O)CCCCCCCCC/C=C\CCCCCC. The van der Waals surface area contributed by atoms with Crippen LogP contribution in [-0.4, -0.2) is 37.2 Å². The second-order valence-electron chi connectivity index (χ2n) is 17.7. The molecule has 6 nitrogen and oxygen atoms in total. The topological polar surface area (TPSA) is 78.9 Å². The lowest BCUT2D eigenvalue weighted by molar-refractivity contribution is -0.167. The maximum absolute atomic E-state index is 12.8. The monoisotopic (exact) mass is 905 g/mol. The summed E-state index contributed by atoms with van der Waals surface area (Å²) in [5.41, 5.74) is 0. The molecule has 0 saturated carbocycles. The van der Waals surface area contributed by atoms with Crippen molar-refractivity contribution in [1.82, 2.24) is 0 Å². The van der Waals surface area contributed by atoms with E-state index >= 15 is 0 Å². The lowest BCUT2D eigenvalue weighted by atomic mass is 10.1. The molecule has 0 fully saturated rings. The van der Waals surface area contributed by atoms with Crippen molar-refractivity contribution >= 4 is 17.9 Å². The minimum atomic E-state index is -0.799. The number of carbonyl (C=O) groups excluding carboxylic acids is 3. The molecule has 372 valence electrons. The molecule has 0 amide bonds. The molecule has 0 aliphatic heterocycles. The number of allylic oxidation sites excluding steroid dienone is 14. The third-order valence-corrected chi connectivity index (χ3v) is 11.4. The molecule has 0 radical (unpaired) electrons. The van der Waals surface area contributed by atoms with Crippen LogP contribution in [0.15, 0.2) is 85.1 Å². The Morgan fingerprint density at radius 3 is 0.969 bits per heavy atom. The first-order valence-corrected chi connectivity index (χ1v) is 27.1. The van der Waals surface area contributed by atoms with Crippen molar-refractivity contribution in [2.24, 2.45) is 0 Å². The third kappa shape index (κ3) is 51.4. The summed E-state index contributed by atoms with van der Waals surface area (Å²) >= 11 is 0. The molecule has 65 heavy (non-hydrogen) atoms. The van der Waals surface area contributed by atoms with Gasteiger partial charge in [-0.2, -0.15) is 0 Å². The van der Waals surface area contributed by atoms with Gasteiger partial charge in [0.2, 0.25) is 0 Å². The Kier molecular flexibility index (Phi) is 50.4. The van der Waals surface area contributed by atoms with Gasteiger partial charge in [-0.15, -0.1) is 0 Å². The van der Waals surface area contributed by atoms with Crippen molar-refractivity contribution in [3.8, 4) is 0 Å². The van der Waals surface area contributed by atoms with E-state index in [1.165, 1.54) is 109 Å². The highest BCUT2D eigenvalue weighted by Crippen LogP contribution is 2.14. The molecule has 0 saturated heterocycles. The van der Waals surface area contributed by atoms with Crippen LogP contribution in [0.4, 0.5) is 0 Å². The second-order valence-corrected chi connectivity index (χ2v) is 17.7. The summed E-state index contributed by atoms with van der Waals surface area (Å²) in [7, 11) is 0. The average Bonchev–Trinajstić information content (AvgIpc) is 3.30. The van der Waals surface area contributed by atoms with Gasteiger partial charge in [-0.05, 0) is 116 Å². The van der Waals surface area contributed by atoms with Crippen LogP contribution in [0.3, 0.4) is 0 Å². The van der Waals surface area contributed by atoms with Gasteiger partial charge in [0, 0.05) is 19.3 Å². The maximum Gasteiger partial charge on any atom is 0.306 e. The van der Waals surface area contributed by atoms with E-state index in [1.54, 1.807) is 0 Å². The maximum atomic E-state index is 12.8. The normalized spacial score (nSPS) is 12.7. The van der Waals surface area contributed by atoms with Crippen LogP contribution in [0.5, 0.6) is 0 Å². The largest absolute Gasteiger partial charge is 0.462 e. The molecule has 0 aliphatic rings. The molecular weight excluding hydrogens is 805 g/mol. The van der Waals surface area contributed by atoms with E-state index in [4.69, 9.17) is 14.2 Å². The molecule has 0 N–H and O–H groups in total. The summed E-state index contributed by atoms with van der Waals surface area (Å²) in [6.45, 7) is 6.46. The summed E-state index contributed by atoms with van der Waals surface area (Å²) in [5.74, 6) is -0.939. The van der Waals surface area contributed by atoms with E-state index in [1.807, 2.05) is 0 Å². The summed E-state index contributed by atoms with van der Waals surface area (Å²) in [6.07, 6.45) is 68.5. The van der Waals surface area contributed by atoms with Crippen LogP contribution < -0.4 is 0 Å². The standard InChI is InChI=1S/C59H100O6/c1-4-7-10-13-16-19-22-25-27-28-29-30-32-35-38-41-44-47-50-53-59(62)65-56(54-63-57(60)51-48-45-42-39-36-33-24-21-18-15-12-9-6-3)55-64-58(61)52-49-46-43-40-37-34-31-26-23-20-17-14-11-8-5-2/h7,10,16,19-21,23-25,27,29-30,35,38,56H,4-6,8-9,11-15,17-18,22,26,28,31-34,36-37,39-55H2,1-3H3/b10-7-,19-16-,23-20-,24-21-,27-25-,30-29-,38-35-/t56-/m0/s1. The van der Waals surface area contributed by atoms with Crippen LogP contribution in [0.2, 0.25) is 0 Å². The molecule has 1 atom stereocenters. The fourth-order valence-corrected chi connectivity index (χ4v) is 7.28. The van der Waals surface area contributed by atoms with Crippen molar-refractivity contribution < 1.29 is 28.6 Å². The quantitative estimate of drug-likeness (QED) is 0.0262. The number of hydrogen-bond acceptors (Lipinski definition) is 6. The summed E-state index contributed by atoms with van der Waals surface area (Å²) < 4.78 is 16.8. The van der Waals surface area contributed by atoms with E-state index in [0.29, 0.717) is 12.8 Å². The zero-order valence-corrected chi connectivity index (χ0v) is 42.5. The molecule has 0 heterocycles. The molecule has 6 heteroatoms. The Morgan fingerprint density at radius 1 is 0.323 bits per heavy atom. The number of esters is 3. The third-order valence-electron chi connectivity index (χ3n) is 11.4. The van der Waals surface area contributed by atoms with Crippen LogP contribution in [-0.2, 0) is 28.6 Å². The molecule has 0 aliphatic carbocycles. The zero-order valence-electron chi connectivity index (χ0n) is 42.5. The number of unbranched alkanes of at least 4 members (excludes halogenated alkanes) is 23. The fourth-order valence-electron chi connectivity index (χ4n) is 7.28. The lowest BCUT2D eigenvalue weighted by Gasteiger charge is -2.18. The zero-order chi connectivity index (χ0) is 47.2. The van der Waals surface area contributed by atoms with E-state index in [2.05, 4.69) is 106 Å². The predicted octanol–water partition coefficient (Wildman–Crippen LogP) is 18.0. The number of hydrogen-bond donors (Lipinski definition) is 0. The van der Waals surface area contributed by atoms with E-state index < -0.39 is 6.10 Å². The minimum Gasteiger partial charge on any atom is -0.462 e. The first-order chi connectivity index (χ1) is 32.0. The van der Waals surface area contributed by atoms with Crippen LogP contribution in [0, 0.1) is 0 Å². The van der Waals surface area contributed by atoms with Gasteiger partial charge in [0.05, 0.1) is 0 Å². The van der Waals surface area contributed by atoms with Gasteiger partial charge >= 0.3 is 17.9 Å². The first-order valence-electron chi connectivity index (χ1n) is 27.1. The Morgan fingerprint density at radius 2 is 0.600 bits per heavy atom. The molecule has 0 spiro atoms. The summed E-state index contributed by atoms with van der Waals surface area (Å²) in [6, 6.07) is 0. The van der Waals surface area contributed by atoms with E-state index in [-0.39, 0.29) is 37.5 Å². The minimum absolute atomic E-state index is 0.0949. The molecule has 0 aromatic carbocycles. The molecule has 0 aromatic heterocycles. The Balaban J connectivity index is 4.47. The van der Waals surface area contributed by atoms with E-state index in [0.717, 1.165) is 103 Å². The number of rotatable bonds is 48. The van der Waals surface area contributed by atoms with Gasteiger partial charge in [0.1, 0.15) is 13.2 Å². The van der Waals surface area contributed by atoms with E-state index in [9.17, 15) is 14.4 Å². The highest BCUT2D eigenvalue weighted by Gasteiger charge is 2.19. The summed E-state index contributed by atoms with van der Waals surface area (Å²) in [4.78, 5) is 38.0. The van der Waals surface area contributed by atoms with Crippen molar-refractivity contribution in [1.29, 1.82) is 0 Å². The molecular formula is C59H100O6. The fraction of sp³-hybridized carbons (Fsp3) is 0.712. The van der Waals surface area contributed by atoms with Crippen molar-refractivity contribution in [2.45, 2.75) is 258 Å². The van der Waals surface area contributed by atoms with Crippen molar-refractivity contribution in [3.63, 3.8) is 0 Å².